The molecule has 0 aliphatic carbocycles. The first-order chi connectivity index (χ1) is 9.76. The Morgan fingerprint density at radius 3 is 2.85 bits per heavy atom. The predicted octanol–water partition coefficient (Wildman–Crippen LogP) is 3.00. The molecule has 0 amide bonds. The maximum absolute atomic E-state index is 4.64. The van der Waals surface area contributed by atoms with Crippen LogP contribution in [0.25, 0.3) is 10.9 Å². The summed E-state index contributed by atoms with van der Waals surface area (Å²) in [6.45, 7) is 1.90. The van der Waals surface area contributed by atoms with Crippen LogP contribution in [0.1, 0.15) is 11.4 Å². The quantitative estimate of drug-likeness (QED) is 0.721. The van der Waals surface area contributed by atoms with Crippen LogP contribution in [-0.2, 0) is 5.75 Å². The number of para-hydroxylation sites is 1. The van der Waals surface area contributed by atoms with Gasteiger partial charge in [-0.05, 0) is 19.1 Å². The SMILES string of the molecule is CNc1nc2ccccc2cc1CSc1n[nH]c(C)n1. The van der Waals surface area contributed by atoms with Gasteiger partial charge >= 0.3 is 0 Å². The molecule has 2 aromatic heterocycles. The molecule has 6 heteroatoms. The summed E-state index contributed by atoms with van der Waals surface area (Å²) >= 11 is 1.60. The second kappa shape index (κ2) is 5.50. The number of aromatic amines is 1. The van der Waals surface area contributed by atoms with Crippen LogP contribution in [0.5, 0.6) is 0 Å². The van der Waals surface area contributed by atoms with Crippen molar-refractivity contribution in [2.75, 3.05) is 12.4 Å². The number of H-pyrrole nitrogens is 1. The lowest BCUT2D eigenvalue weighted by Gasteiger charge is -2.09. The van der Waals surface area contributed by atoms with Gasteiger partial charge in [-0.2, -0.15) is 0 Å². The standard InChI is InChI=1S/C14H15N5S/c1-9-16-14(19-18-9)20-8-11-7-10-5-3-4-6-12(10)17-13(11)15-2/h3-7H,8H2,1-2H3,(H,15,17)(H,16,18,19). The van der Waals surface area contributed by atoms with Crippen LogP contribution in [0.15, 0.2) is 35.5 Å². The van der Waals surface area contributed by atoms with Gasteiger partial charge in [0, 0.05) is 23.8 Å². The molecule has 0 saturated carbocycles. The largest absolute Gasteiger partial charge is 0.373 e. The molecule has 0 radical (unpaired) electrons. The van der Waals surface area contributed by atoms with Crippen molar-refractivity contribution in [3.05, 3.63) is 41.7 Å². The second-order valence-corrected chi connectivity index (χ2v) is 5.37. The number of benzene rings is 1. The zero-order valence-electron chi connectivity index (χ0n) is 11.3. The molecule has 2 N–H and O–H groups in total. The molecule has 0 unspecified atom stereocenters. The maximum Gasteiger partial charge on any atom is 0.208 e. The lowest BCUT2D eigenvalue weighted by atomic mass is 10.1. The van der Waals surface area contributed by atoms with Crippen LogP contribution in [0.4, 0.5) is 5.82 Å². The summed E-state index contributed by atoms with van der Waals surface area (Å²) < 4.78 is 0. The lowest BCUT2D eigenvalue weighted by molar-refractivity contribution is 0.969. The molecule has 0 aliphatic rings. The first-order valence-electron chi connectivity index (χ1n) is 6.34. The van der Waals surface area contributed by atoms with E-state index in [0.29, 0.717) is 0 Å². The third-order valence-corrected chi connectivity index (χ3v) is 3.87. The van der Waals surface area contributed by atoms with E-state index in [2.05, 4.69) is 37.6 Å². The molecule has 3 aromatic rings. The van der Waals surface area contributed by atoms with Crippen LogP contribution in [0.3, 0.4) is 0 Å². The highest BCUT2D eigenvalue weighted by Gasteiger charge is 2.08. The van der Waals surface area contributed by atoms with Crippen LogP contribution >= 0.6 is 11.8 Å². The van der Waals surface area contributed by atoms with Gasteiger partial charge in [-0.15, -0.1) is 5.10 Å². The number of pyridine rings is 1. The van der Waals surface area contributed by atoms with Gasteiger partial charge in [-0.1, -0.05) is 30.0 Å². The Bertz CT molecular complexity index is 737. The smallest absolute Gasteiger partial charge is 0.208 e. The number of nitrogens with one attached hydrogen (secondary N) is 2. The van der Waals surface area contributed by atoms with Crippen LogP contribution in [0, 0.1) is 6.92 Å². The molecule has 2 heterocycles. The fraction of sp³-hybridized carbons (Fsp3) is 0.214. The maximum atomic E-state index is 4.64. The predicted molar refractivity (Wildman–Crippen MR) is 82.0 cm³/mol. The van der Waals surface area contributed by atoms with E-state index in [0.717, 1.165) is 39.0 Å². The normalized spacial score (nSPS) is 10.9. The molecule has 3 rings (SSSR count). The van der Waals surface area contributed by atoms with Crippen molar-refractivity contribution in [2.24, 2.45) is 0 Å². The van der Waals surface area contributed by atoms with Gasteiger partial charge < -0.3 is 5.32 Å². The second-order valence-electron chi connectivity index (χ2n) is 4.43. The van der Waals surface area contributed by atoms with E-state index in [1.165, 1.54) is 0 Å². The number of hydrogen-bond donors (Lipinski definition) is 2. The summed E-state index contributed by atoms with van der Waals surface area (Å²) in [7, 11) is 1.89. The van der Waals surface area contributed by atoms with Crippen molar-refractivity contribution < 1.29 is 0 Å². The summed E-state index contributed by atoms with van der Waals surface area (Å²) in [5, 5.41) is 12.0. The summed E-state index contributed by atoms with van der Waals surface area (Å²) in [6, 6.07) is 10.3. The number of anilines is 1. The third-order valence-electron chi connectivity index (χ3n) is 2.97. The number of hydrogen-bond acceptors (Lipinski definition) is 5. The third kappa shape index (κ3) is 2.60. The zero-order chi connectivity index (χ0) is 13.9. The minimum Gasteiger partial charge on any atom is -0.373 e. The molecule has 1 aromatic carbocycles. The van der Waals surface area contributed by atoms with E-state index in [9.17, 15) is 0 Å². The minimum absolute atomic E-state index is 0.762. The van der Waals surface area contributed by atoms with Gasteiger partial charge in [-0.25, -0.2) is 9.97 Å². The van der Waals surface area contributed by atoms with Crippen molar-refractivity contribution >= 4 is 28.5 Å². The zero-order valence-corrected chi connectivity index (χ0v) is 12.2. The summed E-state index contributed by atoms with van der Waals surface area (Å²) in [5.41, 5.74) is 2.15. The van der Waals surface area contributed by atoms with Crippen LogP contribution in [-0.4, -0.2) is 27.2 Å². The first-order valence-corrected chi connectivity index (χ1v) is 7.33. The molecule has 20 heavy (non-hydrogen) atoms. The number of rotatable bonds is 4. The number of fused-ring (bicyclic) bond motifs is 1. The molecule has 102 valence electrons. The van der Waals surface area contributed by atoms with E-state index < -0.39 is 0 Å². The average Bonchev–Trinajstić information content (AvgIpc) is 2.89. The summed E-state index contributed by atoms with van der Waals surface area (Å²) in [6.07, 6.45) is 0. The van der Waals surface area contributed by atoms with E-state index in [4.69, 9.17) is 0 Å². The fourth-order valence-corrected chi connectivity index (χ4v) is 2.83. The van der Waals surface area contributed by atoms with Gasteiger partial charge in [0.1, 0.15) is 11.6 Å². The van der Waals surface area contributed by atoms with Gasteiger partial charge in [0.15, 0.2) is 0 Å². The van der Waals surface area contributed by atoms with Gasteiger partial charge in [-0.3, -0.25) is 5.10 Å². The molecular weight excluding hydrogens is 270 g/mol. The van der Waals surface area contributed by atoms with Crippen molar-refractivity contribution in [2.45, 2.75) is 17.8 Å². The van der Waals surface area contributed by atoms with Crippen LogP contribution in [0.2, 0.25) is 0 Å². The molecule has 0 saturated heterocycles. The molecule has 0 aliphatic heterocycles. The highest BCUT2D eigenvalue weighted by atomic mass is 32.2. The molecule has 0 spiro atoms. The molecule has 5 nitrogen and oxygen atoms in total. The number of aryl methyl sites for hydroxylation is 1. The Kier molecular flexibility index (Phi) is 3.56. The molecule has 0 fully saturated rings. The number of thioether (sulfide) groups is 1. The van der Waals surface area contributed by atoms with Crippen molar-refractivity contribution in [3.63, 3.8) is 0 Å². The van der Waals surface area contributed by atoms with Gasteiger partial charge in [0.2, 0.25) is 5.16 Å². The average molecular weight is 285 g/mol. The highest BCUT2D eigenvalue weighted by Crippen LogP contribution is 2.26. The van der Waals surface area contributed by atoms with Crippen molar-refractivity contribution in [3.8, 4) is 0 Å². The fourth-order valence-electron chi connectivity index (χ4n) is 2.02. The van der Waals surface area contributed by atoms with E-state index >= 15 is 0 Å². The lowest BCUT2D eigenvalue weighted by Crippen LogP contribution is -1.98. The Labute approximate surface area is 121 Å². The van der Waals surface area contributed by atoms with Gasteiger partial charge in [0.05, 0.1) is 5.52 Å². The molecule has 0 bridgehead atoms. The summed E-state index contributed by atoms with van der Waals surface area (Å²) in [5.74, 6) is 2.52. The Morgan fingerprint density at radius 2 is 2.10 bits per heavy atom. The van der Waals surface area contributed by atoms with Crippen LogP contribution < -0.4 is 5.32 Å². The van der Waals surface area contributed by atoms with E-state index in [1.54, 1.807) is 11.8 Å². The molecular formula is C14H15N5S. The number of nitrogens with zero attached hydrogens (tertiary/aromatic N) is 3. The minimum atomic E-state index is 0.762. The van der Waals surface area contributed by atoms with E-state index in [1.807, 2.05) is 32.2 Å². The van der Waals surface area contributed by atoms with E-state index in [-0.39, 0.29) is 0 Å². The monoisotopic (exact) mass is 285 g/mol. The van der Waals surface area contributed by atoms with Crippen molar-refractivity contribution in [1.29, 1.82) is 0 Å². The highest BCUT2D eigenvalue weighted by molar-refractivity contribution is 7.98. The molecule has 0 atom stereocenters. The van der Waals surface area contributed by atoms with Gasteiger partial charge in [0.25, 0.3) is 0 Å². The first kappa shape index (κ1) is 12.9. The Balaban J connectivity index is 1.89. The Morgan fingerprint density at radius 1 is 1.25 bits per heavy atom. The summed E-state index contributed by atoms with van der Waals surface area (Å²) in [4.78, 5) is 8.94. The Hall–Kier alpha value is -2.08. The number of aromatic nitrogens is 4. The topological polar surface area (TPSA) is 66.5 Å². The van der Waals surface area contributed by atoms with Crippen molar-refractivity contribution in [1.82, 2.24) is 20.2 Å².